The lowest BCUT2D eigenvalue weighted by atomic mass is 9.97. The van der Waals surface area contributed by atoms with Crippen molar-refractivity contribution < 1.29 is 23.6 Å². The molecule has 150 valence electrons. The smallest absolute Gasteiger partial charge is 0.310 e. The van der Waals surface area contributed by atoms with Crippen LogP contribution in [0.1, 0.15) is 41.6 Å². The lowest BCUT2D eigenvalue weighted by Crippen LogP contribution is -2.43. The highest BCUT2D eigenvalue weighted by Crippen LogP contribution is 2.24. The van der Waals surface area contributed by atoms with Crippen molar-refractivity contribution in [2.24, 2.45) is 5.92 Å². The first-order valence-corrected chi connectivity index (χ1v) is 9.66. The molecular weight excluding hydrogens is 384 g/mol. The minimum atomic E-state index is -0.309. The molecule has 2 heterocycles. The van der Waals surface area contributed by atoms with Gasteiger partial charge < -0.3 is 18.9 Å². The number of piperidine rings is 1. The molecule has 0 N–H and O–H groups in total. The Bertz CT molecular complexity index is 851. The van der Waals surface area contributed by atoms with E-state index in [1.165, 1.54) is 0 Å². The van der Waals surface area contributed by atoms with Gasteiger partial charge in [0.1, 0.15) is 18.1 Å². The second kappa shape index (κ2) is 9.10. The van der Waals surface area contributed by atoms with Crippen molar-refractivity contribution in [1.82, 2.24) is 10.1 Å². The lowest BCUT2D eigenvalue weighted by Gasteiger charge is -2.31. The number of benzene rings is 1. The fraction of sp³-hybridized carbons (Fsp3) is 0.450. The number of aromatic nitrogens is 1. The number of hydrogen-bond acceptors (Lipinski definition) is 6. The Kier molecular flexibility index (Phi) is 6.57. The van der Waals surface area contributed by atoms with Gasteiger partial charge in [0.15, 0.2) is 5.69 Å². The van der Waals surface area contributed by atoms with E-state index in [0.717, 1.165) is 6.42 Å². The molecule has 8 heteroatoms. The van der Waals surface area contributed by atoms with Crippen LogP contribution in [-0.2, 0) is 16.1 Å². The number of carbonyl (C=O) groups excluding carboxylic acids is 2. The number of nitrogens with zero attached hydrogens (tertiary/aromatic N) is 2. The highest BCUT2D eigenvalue weighted by Gasteiger charge is 2.32. The third-order valence-electron chi connectivity index (χ3n) is 4.70. The molecule has 3 rings (SSSR count). The second-order valence-corrected chi connectivity index (χ2v) is 7.09. The molecule has 1 atom stereocenters. The van der Waals surface area contributed by atoms with Crippen molar-refractivity contribution in [3.63, 3.8) is 0 Å². The van der Waals surface area contributed by atoms with E-state index in [2.05, 4.69) is 5.16 Å². The third-order valence-corrected chi connectivity index (χ3v) is 4.93. The number of ether oxygens (including phenoxy) is 2. The van der Waals surface area contributed by atoms with Crippen molar-refractivity contribution >= 4 is 23.5 Å². The van der Waals surface area contributed by atoms with E-state index in [4.69, 9.17) is 25.6 Å². The van der Waals surface area contributed by atoms with Gasteiger partial charge in [-0.3, -0.25) is 9.59 Å². The molecule has 28 heavy (non-hydrogen) atoms. The summed E-state index contributed by atoms with van der Waals surface area (Å²) in [4.78, 5) is 26.7. The molecule has 1 aliphatic heterocycles. The Morgan fingerprint density at radius 3 is 2.96 bits per heavy atom. The molecule has 1 aromatic carbocycles. The van der Waals surface area contributed by atoms with Crippen LogP contribution < -0.4 is 4.74 Å². The highest BCUT2D eigenvalue weighted by atomic mass is 35.5. The average Bonchev–Trinajstić information content (AvgIpc) is 3.06. The summed E-state index contributed by atoms with van der Waals surface area (Å²) in [5.41, 5.74) is 0.798. The van der Waals surface area contributed by atoms with E-state index in [9.17, 15) is 9.59 Å². The fourth-order valence-corrected chi connectivity index (χ4v) is 3.39. The van der Waals surface area contributed by atoms with E-state index in [1.807, 2.05) is 0 Å². The Morgan fingerprint density at radius 1 is 1.39 bits per heavy atom. The van der Waals surface area contributed by atoms with Gasteiger partial charge >= 0.3 is 5.97 Å². The zero-order valence-electron chi connectivity index (χ0n) is 15.9. The molecule has 1 saturated heterocycles. The van der Waals surface area contributed by atoms with Gasteiger partial charge in [0.05, 0.1) is 18.1 Å². The van der Waals surface area contributed by atoms with Crippen molar-refractivity contribution in [2.45, 2.75) is 33.3 Å². The first kappa shape index (κ1) is 20.2. The summed E-state index contributed by atoms with van der Waals surface area (Å²) in [6, 6.07) is 7.02. The number of carbonyl (C=O) groups is 2. The van der Waals surface area contributed by atoms with Gasteiger partial charge in [0, 0.05) is 18.1 Å². The Hall–Kier alpha value is -2.54. The molecule has 7 nitrogen and oxygen atoms in total. The maximum atomic E-state index is 13.0. The van der Waals surface area contributed by atoms with Crippen molar-refractivity contribution in [1.29, 1.82) is 0 Å². The number of aryl methyl sites for hydroxylation is 1. The summed E-state index contributed by atoms with van der Waals surface area (Å²) >= 11 is 5.97. The number of likely N-dealkylation sites (tertiary alicyclic amines) is 1. The van der Waals surface area contributed by atoms with Crippen LogP contribution in [0.2, 0.25) is 5.02 Å². The van der Waals surface area contributed by atoms with Crippen LogP contribution in [0.4, 0.5) is 0 Å². The molecule has 0 bridgehead atoms. The van der Waals surface area contributed by atoms with Gasteiger partial charge in [-0.2, -0.15) is 0 Å². The van der Waals surface area contributed by atoms with Crippen LogP contribution in [0, 0.1) is 12.8 Å². The van der Waals surface area contributed by atoms with Crippen molar-refractivity contribution in [3.8, 4) is 5.75 Å². The number of amides is 1. The molecule has 2 aromatic rings. The summed E-state index contributed by atoms with van der Waals surface area (Å²) in [5, 5.41) is 4.50. The Labute approximate surface area is 168 Å². The zero-order valence-corrected chi connectivity index (χ0v) is 16.7. The summed E-state index contributed by atoms with van der Waals surface area (Å²) in [6.07, 6.45) is 1.45. The maximum absolute atomic E-state index is 13.0. The number of hydrogen-bond donors (Lipinski definition) is 0. The van der Waals surface area contributed by atoms with Crippen molar-refractivity contribution in [3.05, 3.63) is 46.3 Å². The lowest BCUT2D eigenvalue weighted by molar-refractivity contribution is -0.149. The number of esters is 1. The zero-order chi connectivity index (χ0) is 20.1. The van der Waals surface area contributed by atoms with Gasteiger partial charge in [-0.1, -0.05) is 22.8 Å². The predicted octanol–water partition coefficient (Wildman–Crippen LogP) is 3.63. The third kappa shape index (κ3) is 4.65. The molecule has 1 aromatic heterocycles. The average molecular weight is 407 g/mol. The quantitative estimate of drug-likeness (QED) is 0.681. The molecule has 0 saturated carbocycles. The van der Waals surface area contributed by atoms with Gasteiger partial charge in [0.2, 0.25) is 0 Å². The Balaban J connectivity index is 1.71. The summed E-state index contributed by atoms with van der Waals surface area (Å²) < 4.78 is 16.1. The highest BCUT2D eigenvalue weighted by molar-refractivity contribution is 6.30. The molecule has 1 fully saturated rings. The van der Waals surface area contributed by atoms with Gasteiger partial charge in [-0.05, 0) is 44.9 Å². The normalized spacial score (nSPS) is 16.7. The van der Waals surface area contributed by atoms with E-state index in [1.54, 1.807) is 43.0 Å². The molecule has 1 aliphatic rings. The van der Waals surface area contributed by atoms with E-state index < -0.39 is 0 Å². The van der Waals surface area contributed by atoms with Gasteiger partial charge in [0.25, 0.3) is 5.91 Å². The largest absolute Gasteiger partial charge is 0.489 e. The van der Waals surface area contributed by atoms with E-state index in [0.29, 0.717) is 48.2 Å². The summed E-state index contributed by atoms with van der Waals surface area (Å²) in [5.74, 6) is 0.268. The van der Waals surface area contributed by atoms with Crippen LogP contribution in [0.15, 0.2) is 28.8 Å². The molecular formula is C20H23ClN2O5. The van der Waals surface area contributed by atoms with Crippen molar-refractivity contribution in [2.75, 3.05) is 19.7 Å². The topological polar surface area (TPSA) is 81.9 Å². The minimum absolute atomic E-state index is 0.131. The summed E-state index contributed by atoms with van der Waals surface area (Å²) in [6.45, 7) is 4.85. The standard InChI is InChI=1S/C20H23ClN2O5/c1-3-26-20(25)14-6-5-9-23(11-14)19(24)18-17(13(2)28-22-18)12-27-16-8-4-7-15(21)10-16/h4,7-8,10,14H,3,5-6,9,11-12H2,1-2H3. The maximum Gasteiger partial charge on any atom is 0.310 e. The Morgan fingerprint density at radius 2 is 2.21 bits per heavy atom. The van der Waals surface area contributed by atoms with E-state index in [-0.39, 0.29) is 30.1 Å². The molecule has 0 aliphatic carbocycles. The van der Waals surface area contributed by atoms with E-state index >= 15 is 0 Å². The number of halogens is 1. The van der Waals surface area contributed by atoms with Crippen LogP contribution in [-0.4, -0.2) is 41.6 Å². The molecule has 1 unspecified atom stereocenters. The molecule has 0 spiro atoms. The van der Waals surface area contributed by atoms with Gasteiger partial charge in [-0.25, -0.2) is 0 Å². The minimum Gasteiger partial charge on any atom is -0.489 e. The first-order chi connectivity index (χ1) is 13.5. The molecule has 1 amide bonds. The van der Waals surface area contributed by atoms with Crippen LogP contribution in [0.5, 0.6) is 5.75 Å². The predicted molar refractivity (Wildman–Crippen MR) is 102 cm³/mol. The fourth-order valence-electron chi connectivity index (χ4n) is 3.21. The van der Waals surface area contributed by atoms with Crippen LogP contribution >= 0.6 is 11.6 Å². The monoisotopic (exact) mass is 406 g/mol. The second-order valence-electron chi connectivity index (χ2n) is 6.65. The van der Waals surface area contributed by atoms with Crippen LogP contribution in [0.3, 0.4) is 0 Å². The summed E-state index contributed by atoms with van der Waals surface area (Å²) in [7, 11) is 0. The first-order valence-electron chi connectivity index (χ1n) is 9.29. The molecule has 0 radical (unpaired) electrons. The number of rotatable bonds is 6. The van der Waals surface area contributed by atoms with Gasteiger partial charge in [-0.15, -0.1) is 0 Å². The van der Waals surface area contributed by atoms with Crippen LogP contribution in [0.25, 0.3) is 0 Å². The SMILES string of the molecule is CCOC(=O)C1CCCN(C(=O)c2noc(C)c2COc2cccc(Cl)c2)C1.